The van der Waals surface area contributed by atoms with Gasteiger partial charge in [0.15, 0.2) is 11.5 Å². The molecule has 0 atom stereocenters. The van der Waals surface area contributed by atoms with E-state index < -0.39 is 17.2 Å². The largest absolute Gasteiger partial charge is 0.504 e. The van der Waals surface area contributed by atoms with Gasteiger partial charge in [-0.3, -0.25) is 0 Å². The second-order valence-electron chi connectivity index (χ2n) is 4.41. The second-order valence-corrected chi connectivity index (χ2v) is 4.41. The maximum atomic E-state index is 9.60. The monoisotopic (exact) mass is 273 g/mol. The lowest BCUT2D eigenvalue weighted by Gasteiger charge is -2.11. The van der Waals surface area contributed by atoms with E-state index in [1.165, 1.54) is 12.1 Å². The van der Waals surface area contributed by atoms with Crippen LogP contribution in [0, 0.1) is 0 Å². The van der Waals surface area contributed by atoms with Crippen molar-refractivity contribution >= 4 is 17.1 Å². The Morgan fingerprint density at radius 3 is 2.05 bits per heavy atom. The Hall–Kier alpha value is -2.76. The first-order valence-corrected chi connectivity index (χ1v) is 5.92. The molecule has 0 aliphatic heterocycles. The van der Waals surface area contributed by atoms with Crippen molar-refractivity contribution in [2.45, 2.75) is 0 Å². The maximum absolute atomic E-state index is 9.60. The van der Waals surface area contributed by atoms with Crippen LogP contribution in [-0.4, -0.2) is 29.4 Å². The molecule has 2 rings (SSSR count). The van der Waals surface area contributed by atoms with E-state index >= 15 is 0 Å². The van der Waals surface area contributed by atoms with Crippen molar-refractivity contribution in [1.82, 2.24) is 0 Å². The molecular weight excluding hydrogens is 258 g/mol. The standard InChI is InChI=1S/C14H15N3O3/c1-17(2)10-5-3-9(4-6-10)15-16-11-7-8-12(18)14(20)13(11)19/h3-8,18-20H,1-2H3. The molecule has 104 valence electrons. The minimum Gasteiger partial charge on any atom is -0.504 e. The van der Waals surface area contributed by atoms with Crippen LogP contribution in [0.15, 0.2) is 46.6 Å². The van der Waals surface area contributed by atoms with Crippen molar-refractivity contribution in [1.29, 1.82) is 0 Å². The average Bonchev–Trinajstić information content (AvgIpc) is 2.44. The molecule has 20 heavy (non-hydrogen) atoms. The third kappa shape index (κ3) is 2.80. The molecule has 6 nitrogen and oxygen atoms in total. The number of nitrogens with zero attached hydrogens (tertiary/aromatic N) is 3. The Bertz CT molecular complexity index is 637. The van der Waals surface area contributed by atoms with Gasteiger partial charge in [-0.1, -0.05) is 0 Å². The van der Waals surface area contributed by atoms with Crippen LogP contribution < -0.4 is 4.90 Å². The number of hydrogen-bond acceptors (Lipinski definition) is 6. The summed E-state index contributed by atoms with van der Waals surface area (Å²) >= 11 is 0. The molecule has 0 radical (unpaired) electrons. The fourth-order valence-electron chi connectivity index (χ4n) is 1.57. The number of anilines is 1. The zero-order valence-electron chi connectivity index (χ0n) is 11.1. The van der Waals surface area contributed by atoms with E-state index in [-0.39, 0.29) is 5.69 Å². The molecule has 2 aromatic carbocycles. The SMILES string of the molecule is CN(C)c1ccc(N=Nc2ccc(O)c(O)c2O)cc1. The van der Waals surface area contributed by atoms with E-state index in [2.05, 4.69) is 10.2 Å². The van der Waals surface area contributed by atoms with Crippen LogP contribution in [0.3, 0.4) is 0 Å². The van der Waals surface area contributed by atoms with Crippen LogP contribution in [-0.2, 0) is 0 Å². The molecule has 0 aliphatic rings. The Balaban J connectivity index is 2.23. The lowest BCUT2D eigenvalue weighted by atomic mass is 10.2. The van der Waals surface area contributed by atoms with Gasteiger partial charge in [-0.25, -0.2) is 0 Å². The van der Waals surface area contributed by atoms with Gasteiger partial charge in [0.1, 0.15) is 5.69 Å². The molecule has 0 heterocycles. The number of azo groups is 1. The van der Waals surface area contributed by atoms with E-state index in [9.17, 15) is 15.3 Å². The molecule has 0 saturated heterocycles. The van der Waals surface area contributed by atoms with Gasteiger partial charge in [0, 0.05) is 19.8 Å². The van der Waals surface area contributed by atoms with Crippen LogP contribution >= 0.6 is 0 Å². The predicted octanol–water partition coefficient (Wildman–Crippen LogP) is 3.28. The third-order valence-corrected chi connectivity index (χ3v) is 2.75. The van der Waals surface area contributed by atoms with Crippen molar-refractivity contribution in [3.05, 3.63) is 36.4 Å². The molecule has 0 unspecified atom stereocenters. The molecule has 0 aromatic heterocycles. The zero-order chi connectivity index (χ0) is 14.7. The van der Waals surface area contributed by atoms with Gasteiger partial charge in [-0.15, -0.1) is 5.11 Å². The highest BCUT2D eigenvalue weighted by Gasteiger charge is 2.10. The smallest absolute Gasteiger partial charge is 0.202 e. The van der Waals surface area contributed by atoms with E-state index in [1.54, 1.807) is 12.1 Å². The molecule has 0 fully saturated rings. The summed E-state index contributed by atoms with van der Waals surface area (Å²) in [5, 5.41) is 36.0. The quantitative estimate of drug-likeness (QED) is 0.591. The Labute approximate surface area is 116 Å². The van der Waals surface area contributed by atoms with Gasteiger partial charge in [0.2, 0.25) is 5.75 Å². The topological polar surface area (TPSA) is 88.7 Å². The first-order valence-electron chi connectivity index (χ1n) is 5.92. The third-order valence-electron chi connectivity index (χ3n) is 2.75. The fourth-order valence-corrected chi connectivity index (χ4v) is 1.57. The van der Waals surface area contributed by atoms with Crippen LogP contribution in [0.5, 0.6) is 17.2 Å². The number of rotatable bonds is 3. The van der Waals surface area contributed by atoms with E-state index in [0.29, 0.717) is 5.69 Å². The Kier molecular flexibility index (Phi) is 3.74. The summed E-state index contributed by atoms with van der Waals surface area (Å²) in [6.07, 6.45) is 0. The lowest BCUT2D eigenvalue weighted by molar-refractivity contribution is 0.368. The van der Waals surface area contributed by atoms with E-state index in [4.69, 9.17) is 0 Å². The molecule has 0 bridgehead atoms. The minimum absolute atomic E-state index is 0.0805. The highest BCUT2D eigenvalue weighted by Crippen LogP contribution is 2.42. The summed E-state index contributed by atoms with van der Waals surface area (Å²) in [6, 6.07) is 9.96. The molecule has 0 spiro atoms. The number of phenolic OH excluding ortho intramolecular Hbond substituents is 3. The molecule has 3 N–H and O–H groups in total. The zero-order valence-corrected chi connectivity index (χ0v) is 11.1. The van der Waals surface area contributed by atoms with Crippen molar-refractivity contribution in [3.8, 4) is 17.2 Å². The van der Waals surface area contributed by atoms with Gasteiger partial charge in [-0.2, -0.15) is 5.11 Å². The molecule has 2 aromatic rings. The van der Waals surface area contributed by atoms with E-state index in [1.807, 2.05) is 31.1 Å². The summed E-state index contributed by atoms with van der Waals surface area (Å²) in [7, 11) is 3.88. The summed E-state index contributed by atoms with van der Waals surface area (Å²) in [5.74, 6) is -1.51. The molecule has 0 saturated carbocycles. The molecular formula is C14H15N3O3. The maximum Gasteiger partial charge on any atom is 0.202 e. The van der Waals surface area contributed by atoms with Crippen LogP contribution in [0.1, 0.15) is 0 Å². The van der Waals surface area contributed by atoms with Crippen molar-refractivity contribution in [3.63, 3.8) is 0 Å². The average molecular weight is 273 g/mol. The van der Waals surface area contributed by atoms with Crippen molar-refractivity contribution < 1.29 is 15.3 Å². The first kappa shape index (κ1) is 13.7. The van der Waals surface area contributed by atoms with Crippen LogP contribution in [0.2, 0.25) is 0 Å². The van der Waals surface area contributed by atoms with Crippen molar-refractivity contribution in [2.75, 3.05) is 19.0 Å². The summed E-state index contributed by atoms with van der Waals surface area (Å²) in [4.78, 5) is 1.96. The van der Waals surface area contributed by atoms with Gasteiger partial charge in [0.25, 0.3) is 0 Å². The molecule has 0 amide bonds. The van der Waals surface area contributed by atoms with Crippen LogP contribution in [0.25, 0.3) is 0 Å². The lowest BCUT2D eigenvalue weighted by Crippen LogP contribution is -2.07. The highest BCUT2D eigenvalue weighted by molar-refractivity contribution is 5.63. The molecule has 0 aliphatic carbocycles. The molecule has 6 heteroatoms. The fraction of sp³-hybridized carbons (Fsp3) is 0.143. The normalized spacial score (nSPS) is 10.9. The predicted molar refractivity (Wildman–Crippen MR) is 76.4 cm³/mol. The van der Waals surface area contributed by atoms with Gasteiger partial charge in [-0.05, 0) is 36.4 Å². The number of hydrogen-bond donors (Lipinski definition) is 3. The van der Waals surface area contributed by atoms with Gasteiger partial charge in [0.05, 0.1) is 5.69 Å². The number of aromatic hydroxyl groups is 3. The first-order chi connectivity index (χ1) is 9.49. The summed E-state index contributed by atoms with van der Waals surface area (Å²) < 4.78 is 0. The van der Waals surface area contributed by atoms with E-state index in [0.717, 1.165) is 5.69 Å². The summed E-state index contributed by atoms with van der Waals surface area (Å²) in [5.41, 5.74) is 1.73. The Morgan fingerprint density at radius 1 is 0.800 bits per heavy atom. The highest BCUT2D eigenvalue weighted by atomic mass is 16.3. The minimum atomic E-state index is -0.607. The number of phenols is 3. The summed E-state index contributed by atoms with van der Waals surface area (Å²) in [6.45, 7) is 0. The number of benzene rings is 2. The second kappa shape index (κ2) is 5.48. The van der Waals surface area contributed by atoms with Crippen molar-refractivity contribution in [2.24, 2.45) is 10.2 Å². The van der Waals surface area contributed by atoms with Gasteiger partial charge < -0.3 is 20.2 Å². The van der Waals surface area contributed by atoms with Crippen LogP contribution in [0.4, 0.5) is 17.1 Å². The van der Waals surface area contributed by atoms with Gasteiger partial charge >= 0.3 is 0 Å². The Morgan fingerprint density at radius 2 is 1.45 bits per heavy atom.